The van der Waals surface area contributed by atoms with Crippen LogP contribution in [0.1, 0.15) is 22.8 Å². The van der Waals surface area contributed by atoms with Crippen LogP contribution in [-0.2, 0) is 6.54 Å². The predicted molar refractivity (Wildman–Crippen MR) is 88.5 cm³/mol. The Labute approximate surface area is 133 Å². The molecule has 1 saturated heterocycles. The number of anilines is 1. The number of piperazine rings is 1. The highest BCUT2D eigenvalue weighted by Gasteiger charge is 2.19. The van der Waals surface area contributed by atoms with E-state index in [-0.39, 0.29) is 5.56 Å². The minimum absolute atomic E-state index is 0.213. The molecule has 1 aliphatic rings. The Hall–Kier alpha value is -2.41. The summed E-state index contributed by atoms with van der Waals surface area (Å²) in [6.45, 7) is 7.89. The van der Waals surface area contributed by atoms with Crippen LogP contribution >= 0.6 is 0 Å². The van der Waals surface area contributed by atoms with Crippen molar-refractivity contribution >= 4 is 22.8 Å². The average molecular weight is 316 g/mol. The van der Waals surface area contributed by atoms with Crippen LogP contribution < -0.4 is 15.6 Å². The van der Waals surface area contributed by atoms with Gasteiger partial charge in [-0.05, 0) is 25.5 Å². The third kappa shape index (κ3) is 2.68. The highest BCUT2D eigenvalue weighted by atomic mass is 16.4. The predicted octanol–water partition coefficient (Wildman–Crippen LogP) is 0.833. The van der Waals surface area contributed by atoms with E-state index >= 15 is 0 Å². The number of nitrogens with zero attached hydrogens (tertiary/aromatic N) is 3. The number of hydrogen-bond acceptors (Lipinski definition) is 5. The molecule has 0 spiro atoms. The third-order valence-electron chi connectivity index (χ3n) is 4.20. The van der Waals surface area contributed by atoms with Crippen molar-refractivity contribution in [3.63, 3.8) is 0 Å². The first-order valence-electron chi connectivity index (χ1n) is 7.76. The molecule has 1 fully saturated rings. The molecule has 0 aliphatic carbocycles. The number of hydrogen-bond donors (Lipinski definition) is 2. The van der Waals surface area contributed by atoms with Crippen LogP contribution in [0.5, 0.6) is 0 Å². The molecule has 0 saturated carbocycles. The molecular weight excluding hydrogens is 296 g/mol. The lowest BCUT2D eigenvalue weighted by atomic mass is 10.1. The van der Waals surface area contributed by atoms with Crippen LogP contribution in [0, 0.1) is 6.92 Å². The molecule has 7 heteroatoms. The lowest BCUT2D eigenvalue weighted by Crippen LogP contribution is -2.44. The molecule has 2 aromatic rings. The summed E-state index contributed by atoms with van der Waals surface area (Å²) in [6.07, 6.45) is 1.39. The number of aromatic carboxylic acids is 1. The first-order valence-corrected chi connectivity index (χ1v) is 7.76. The molecular formula is C16H20N4O3. The fraction of sp³-hybridized carbons (Fsp3) is 0.438. The maximum atomic E-state index is 12.4. The Morgan fingerprint density at radius 2 is 2.09 bits per heavy atom. The summed E-state index contributed by atoms with van der Waals surface area (Å²) >= 11 is 0. The Morgan fingerprint density at radius 1 is 1.39 bits per heavy atom. The van der Waals surface area contributed by atoms with E-state index in [4.69, 9.17) is 4.98 Å². The van der Waals surface area contributed by atoms with Gasteiger partial charge in [-0.25, -0.2) is 9.78 Å². The Bertz CT molecular complexity index is 822. The van der Waals surface area contributed by atoms with Gasteiger partial charge in [0, 0.05) is 38.9 Å². The molecule has 2 aromatic heterocycles. The van der Waals surface area contributed by atoms with Crippen LogP contribution in [-0.4, -0.2) is 46.8 Å². The lowest BCUT2D eigenvalue weighted by Gasteiger charge is -2.30. The molecule has 0 bridgehead atoms. The van der Waals surface area contributed by atoms with Gasteiger partial charge in [0.1, 0.15) is 17.0 Å². The monoisotopic (exact) mass is 316 g/mol. The van der Waals surface area contributed by atoms with Crippen molar-refractivity contribution < 1.29 is 9.90 Å². The van der Waals surface area contributed by atoms with Crippen molar-refractivity contribution in [1.29, 1.82) is 0 Å². The van der Waals surface area contributed by atoms with E-state index in [2.05, 4.69) is 10.2 Å². The Morgan fingerprint density at radius 3 is 2.70 bits per heavy atom. The quantitative estimate of drug-likeness (QED) is 0.872. The minimum Gasteiger partial charge on any atom is -0.477 e. The SMILES string of the molecule is CCn1cc(C(=O)O)c(=O)c2cc(C)c(N3CCNCC3)nc21. The fourth-order valence-corrected chi connectivity index (χ4v) is 2.99. The van der Waals surface area contributed by atoms with Gasteiger partial charge in [0.05, 0.1) is 5.39 Å². The van der Waals surface area contributed by atoms with Crippen molar-refractivity contribution in [1.82, 2.24) is 14.9 Å². The van der Waals surface area contributed by atoms with Crippen molar-refractivity contribution in [2.45, 2.75) is 20.4 Å². The Kier molecular flexibility index (Phi) is 4.04. The number of pyridine rings is 2. The maximum Gasteiger partial charge on any atom is 0.341 e. The molecule has 0 atom stereocenters. The van der Waals surface area contributed by atoms with Gasteiger partial charge in [-0.3, -0.25) is 4.79 Å². The van der Waals surface area contributed by atoms with E-state index in [9.17, 15) is 14.7 Å². The first-order chi connectivity index (χ1) is 11.0. The summed E-state index contributed by atoms with van der Waals surface area (Å²) < 4.78 is 1.73. The number of aromatic nitrogens is 2. The molecule has 3 rings (SSSR count). The summed E-state index contributed by atoms with van der Waals surface area (Å²) in [6, 6.07) is 1.76. The lowest BCUT2D eigenvalue weighted by molar-refractivity contribution is 0.0695. The second kappa shape index (κ2) is 6.00. The standard InChI is InChI=1S/C16H20N4O3/c1-3-19-9-12(16(22)23)13(21)11-8-10(2)14(18-15(11)19)20-6-4-17-5-7-20/h8-9,17H,3-7H2,1-2H3,(H,22,23). The van der Waals surface area contributed by atoms with Gasteiger partial charge in [-0.1, -0.05) is 0 Å². The summed E-state index contributed by atoms with van der Waals surface area (Å²) in [5.74, 6) is -0.341. The van der Waals surface area contributed by atoms with Crippen molar-refractivity contribution in [2.24, 2.45) is 0 Å². The number of rotatable bonds is 3. The second-order valence-corrected chi connectivity index (χ2v) is 5.70. The van der Waals surface area contributed by atoms with E-state index in [1.165, 1.54) is 6.20 Å². The number of carbonyl (C=O) groups is 1. The smallest absolute Gasteiger partial charge is 0.341 e. The zero-order chi connectivity index (χ0) is 16.6. The summed E-state index contributed by atoms with van der Waals surface area (Å²) in [5, 5.41) is 12.9. The first kappa shape index (κ1) is 15.5. The maximum absolute atomic E-state index is 12.4. The summed E-state index contributed by atoms with van der Waals surface area (Å²) in [5.41, 5.74) is 0.749. The zero-order valence-electron chi connectivity index (χ0n) is 13.3. The van der Waals surface area contributed by atoms with E-state index < -0.39 is 11.4 Å². The highest BCUT2D eigenvalue weighted by molar-refractivity contribution is 5.92. The topological polar surface area (TPSA) is 87.5 Å². The van der Waals surface area contributed by atoms with Gasteiger partial charge < -0.3 is 19.9 Å². The van der Waals surface area contributed by atoms with Crippen molar-refractivity contribution in [3.05, 3.63) is 33.6 Å². The summed E-state index contributed by atoms with van der Waals surface area (Å²) in [7, 11) is 0. The third-order valence-corrected chi connectivity index (χ3v) is 4.20. The van der Waals surface area contributed by atoms with E-state index in [1.807, 2.05) is 13.8 Å². The van der Waals surface area contributed by atoms with Gasteiger partial charge >= 0.3 is 5.97 Å². The Balaban J connectivity index is 2.24. The van der Waals surface area contributed by atoms with Gasteiger partial charge in [0.25, 0.3) is 0 Å². The van der Waals surface area contributed by atoms with Gasteiger partial charge in [0.2, 0.25) is 5.43 Å². The largest absolute Gasteiger partial charge is 0.477 e. The van der Waals surface area contributed by atoms with Crippen LogP contribution in [0.25, 0.3) is 11.0 Å². The molecule has 23 heavy (non-hydrogen) atoms. The minimum atomic E-state index is -1.21. The molecule has 3 heterocycles. The van der Waals surface area contributed by atoms with Crippen LogP contribution in [0.4, 0.5) is 5.82 Å². The van der Waals surface area contributed by atoms with Gasteiger partial charge in [-0.2, -0.15) is 0 Å². The molecule has 0 radical (unpaired) electrons. The normalized spacial score (nSPS) is 15.1. The molecule has 7 nitrogen and oxygen atoms in total. The van der Waals surface area contributed by atoms with E-state index in [0.29, 0.717) is 17.6 Å². The van der Waals surface area contributed by atoms with E-state index in [0.717, 1.165) is 37.6 Å². The summed E-state index contributed by atoms with van der Waals surface area (Å²) in [4.78, 5) is 30.6. The van der Waals surface area contributed by atoms with Crippen LogP contribution in [0.2, 0.25) is 0 Å². The van der Waals surface area contributed by atoms with Gasteiger partial charge in [0.15, 0.2) is 0 Å². The number of nitrogens with one attached hydrogen (secondary N) is 1. The molecule has 0 unspecified atom stereocenters. The average Bonchev–Trinajstić information content (AvgIpc) is 2.55. The molecule has 0 aromatic carbocycles. The van der Waals surface area contributed by atoms with Crippen LogP contribution in [0.3, 0.4) is 0 Å². The zero-order valence-corrected chi connectivity index (χ0v) is 13.3. The number of aryl methyl sites for hydroxylation is 2. The van der Waals surface area contributed by atoms with Gasteiger partial charge in [-0.15, -0.1) is 0 Å². The molecule has 122 valence electrons. The second-order valence-electron chi connectivity index (χ2n) is 5.70. The van der Waals surface area contributed by atoms with Crippen molar-refractivity contribution in [3.8, 4) is 0 Å². The molecule has 1 aliphatic heterocycles. The number of carboxylic acids is 1. The van der Waals surface area contributed by atoms with E-state index in [1.54, 1.807) is 10.6 Å². The molecule has 0 amide bonds. The fourth-order valence-electron chi connectivity index (χ4n) is 2.99. The van der Waals surface area contributed by atoms with Crippen molar-refractivity contribution in [2.75, 3.05) is 31.1 Å². The van der Waals surface area contributed by atoms with Crippen LogP contribution in [0.15, 0.2) is 17.1 Å². The number of carboxylic acid groups (broad SMARTS) is 1. The highest BCUT2D eigenvalue weighted by Crippen LogP contribution is 2.22. The molecule has 2 N–H and O–H groups in total. The number of fused-ring (bicyclic) bond motifs is 1.